The Hall–Kier alpha value is -2.28. The Kier molecular flexibility index (Phi) is 3.21. The molecule has 3 N–H and O–H groups in total. The lowest BCUT2D eigenvalue weighted by Crippen LogP contribution is -2.52. The lowest BCUT2D eigenvalue weighted by atomic mass is 10.0. The van der Waals surface area contributed by atoms with Gasteiger partial charge in [-0.2, -0.15) is 0 Å². The maximum Gasteiger partial charge on any atom is 0.255 e. The minimum absolute atomic E-state index is 0.00477. The Morgan fingerprint density at radius 2 is 2.10 bits per heavy atom. The third-order valence-electron chi connectivity index (χ3n) is 3.91. The van der Waals surface area contributed by atoms with Crippen LogP contribution < -0.4 is 11.1 Å². The lowest BCUT2D eigenvalue weighted by molar-refractivity contribution is -0.136. The number of carbonyl (C=O) groups excluding carboxylic acids is 3. The van der Waals surface area contributed by atoms with Gasteiger partial charge in [0.05, 0.1) is 0 Å². The third kappa shape index (κ3) is 2.19. The molecule has 2 heterocycles. The summed E-state index contributed by atoms with van der Waals surface area (Å²) in [5, 5.41) is 2.22. The molecule has 1 atom stereocenters. The van der Waals surface area contributed by atoms with Crippen molar-refractivity contribution in [3.63, 3.8) is 0 Å². The molecule has 0 aliphatic carbocycles. The molecule has 0 radical (unpaired) electrons. The summed E-state index contributed by atoms with van der Waals surface area (Å²) in [5.74, 6) is -1.59. The molecule has 1 aromatic carbocycles. The van der Waals surface area contributed by atoms with Crippen molar-refractivity contribution >= 4 is 17.7 Å². The number of rotatable bonds is 2. The van der Waals surface area contributed by atoms with Crippen LogP contribution in [-0.4, -0.2) is 28.7 Å². The topological polar surface area (TPSA) is 92.5 Å². The van der Waals surface area contributed by atoms with Gasteiger partial charge in [0.2, 0.25) is 11.8 Å². The number of nitrogens with zero attached hydrogens (tertiary/aromatic N) is 1. The van der Waals surface area contributed by atoms with Gasteiger partial charge in [-0.15, -0.1) is 0 Å². The number of hydrogen-bond donors (Lipinski definition) is 2. The summed E-state index contributed by atoms with van der Waals surface area (Å²) in [6.45, 7) is 0.174. The van der Waals surface area contributed by atoms with Crippen molar-refractivity contribution in [2.24, 2.45) is 5.73 Å². The molecule has 0 spiro atoms. The summed E-state index contributed by atoms with van der Waals surface area (Å²) in [4.78, 5) is 36.8. The van der Waals surface area contributed by atoms with Crippen LogP contribution in [0.15, 0.2) is 12.1 Å². The first kappa shape index (κ1) is 13.7. The Morgan fingerprint density at radius 1 is 1.33 bits per heavy atom. The number of carbonyl (C=O) groups is 3. The van der Waals surface area contributed by atoms with E-state index in [2.05, 4.69) is 5.32 Å². The molecule has 0 aromatic heterocycles. The van der Waals surface area contributed by atoms with Crippen LogP contribution in [0.2, 0.25) is 0 Å². The van der Waals surface area contributed by atoms with E-state index >= 15 is 0 Å². The van der Waals surface area contributed by atoms with Crippen molar-refractivity contribution in [2.45, 2.75) is 32.0 Å². The predicted molar refractivity (Wildman–Crippen MR) is 70.3 cm³/mol. The normalized spacial score (nSPS) is 21.5. The molecule has 7 heteroatoms. The summed E-state index contributed by atoms with van der Waals surface area (Å²) < 4.78 is 13.7. The molecule has 0 bridgehead atoms. The number of imide groups is 1. The third-order valence-corrected chi connectivity index (χ3v) is 3.91. The fourth-order valence-corrected chi connectivity index (χ4v) is 2.79. The van der Waals surface area contributed by atoms with Crippen molar-refractivity contribution in [1.82, 2.24) is 10.2 Å². The Morgan fingerprint density at radius 3 is 2.76 bits per heavy atom. The number of halogens is 1. The van der Waals surface area contributed by atoms with Crippen molar-refractivity contribution in [1.29, 1.82) is 0 Å². The minimum atomic E-state index is -0.688. The lowest BCUT2D eigenvalue weighted by Gasteiger charge is -2.29. The SMILES string of the molecule is NCc1cc2c(cc1F)CN(C1CCC(=O)NC1=O)C2=O. The van der Waals surface area contributed by atoms with Crippen LogP contribution in [0.3, 0.4) is 0 Å². The quantitative estimate of drug-likeness (QED) is 0.753. The van der Waals surface area contributed by atoms with E-state index in [0.717, 1.165) is 0 Å². The van der Waals surface area contributed by atoms with Crippen LogP contribution in [0.25, 0.3) is 0 Å². The Bertz CT molecular complexity index is 659. The minimum Gasteiger partial charge on any atom is -0.326 e. The van der Waals surface area contributed by atoms with Gasteiger partial charge in [-0.25, -0.2) is 4.39 Å². The van der Waals surface area contributed by atoms with E-state index in [4.69, 9.17) is 5.73 Å². The van der Waals surface area contributed by atoms with E-state index in [9.17, 15) is 18.8 Å². The summed E-state index contributed by atoms with van der Waals surface area (Å²) in [5.41, 5.74) is 6.63. The number of benzene rings is 1. The molecule has 1 unspecified atom stereocenters. The molecule has 6 nitrogen and oxygen atoms in total. The maximum absolute atomic E-state index is 13.7. The predicted octanol–water partition coefficient (Wildman–Crippen LogP) is 0.0454. The Balaban J connectivity index is 1.90. The van der Waals surface area contributed by atoms with Gasteiger partial charge in [0.15, 0.2) is 0 Å². The number of hydrogen-bond acceptors (Lipinski definition) is 4. The summed E-state index contributed by atoms with van der Waals surface area (Å²) in [6.07, 6.45) is 0.482. The fourth-order valence-electron chi connectivity index (χ4n) is 2.79. The molecular weight excluding hydrogens is 277 g/mol. The maximum atomic E-state index is 13.7. The molecule has 2 aliphatic heterocycles. The summed E-state index contributed by atoms with van der Waals surface area (Å²) in [6, 6.07) is 2.05. The number of nitrogens with one attached hydrogen (secondary N) is 1. The zero-order valence-corrected chi connectivity index (χ0v) is 11.2. The number of amides is 3. The molecule has 110 valence electrons. The van der Waals surface area contributed by atoms with Gasteiger partial charge >= 0.3 is 0 Å². The van der Waals surface area contributed by atoms with Crippen molar-refractivity contribution in [3.8, 4) is 0 Å². The van der Waals surface area contributed by atoms with E-state index < -0.39 is 17.8 Å². The highest BCUT2D eigenvalue weighted by Gasteiger charge is 2.39. The molecule has 21 heavy (non-hydrogen) atoms. The smallest absolute Gasteiger partial charge is 0.255 e. The molecule has 1 fully saturated rings. The van der Waals surface area contributed by atoms with Gasteiger partial charge in [0.25, 0.3) is 5.91 Å². The van der Waals surface area contributed by atoms with Crippen LogP contribution in [0.5, 0.6) is 0 Å². The van der Waals surface area contributed by atoms with Crippen LogP contribution >= 0.6 is 0 Å². The monoisotopic (exact) mass is 291 g/mol. The molecule has 1 saturated heterocycles. The molecule has 1 aromatic rings. The second kappa shape index (κ2) is 4.92. The second-order valence-electron chi connectivity index (χ2n) is 5.20. The highest BCUT2D eigenvalue weighted by atomic mass is 19.1. The average molecular weight is 291 g/mol. The molecular formula is C14H14FN3O3. The zero-order valence-electron chi connectivity index (χ0n) is 11.2. The average Bonchev–Trinajstić information content (AvgIpc) is 2.74. The standard InChI is InChI=1S/C14H14FN3O3/c15-10-4-8-6-18(11-1-2-12(19)17-13(11)20)14(21)9(8)3-7(10)5-16/h3-4,11H,1-2,5-6,16H2,(H,17,19,20). The van der Waals surface area contributed by atoms with Crippen LogP contribution in [0.4, 0.5) is 4.39 Å². The summed E-state index contributed by atoms with van der Waals surface area (Å²) in [7, 11) is 0. The van der Waals surface area contributed by atoms with E-state index in [1.165, 1.54) is 17.0 Å². The van der Waals surface area contributed by atoms with Crippen LogP contribution in [-0.2, 0) is 22.7 Å². The fraction of sp³-hybridized carbons (Fsp3) is 0.357. The van der Waals surface area contributed by atoms with E-state index in [-0.39, 0.29) is 43.3 Å². The van der Waals surface area contributed by atoms with Gasteiger partial charge in [0, 0.05) is 30.6 Å². The molecule has 0 saturated carbocycles. The van der Waals surface area contributed by atoms with Crippen LogP contribution in [0.1, 0.15) is 34.3 Å². The van der Waals surface area contributed by atoms with Crippen molar-refractivity contribution in [3.05, 3.63) is 34.6 Å². The Labute approximate surface area is 120 Å². The number of fused-ring (bicyclic) bond motifs is 1. The number of piperidine rings is 1. The first-order valence-electron chi connectivity index (χ1n) is 6.67. The summed E-state index contributed by atoms with van der Waals surface area (Å²) >= 11 is 0. The van der Waals surface area contributed by atoms with Gasteiger partial charge in [0.1, 0.15) is 11.9 Å². The van der Waals surface area contributed by atoms with Gasteiger partial charge in [-0.3, -0.25) is 19.7 Å². The van der Waals surface area contributed by atoms with E-state index in [1.807, 2.05) is 0 Å². The van der Waals surface area contributed by atoms with Crippen molar-refractivity contribution in [2.75, 3.05) is 0 Å². The second-order valence-corrected chi connectivity index (χ2v) is 5.20. The molecule has 3 rings (SSSR count). The number of nitrogens with two attached hydrogens (primary N) is 1. The van der Waals surface area contributed by atoms with Gasteiger partial charge < -0.3 is 10.6 Å². The van der Waals surface area contributed by atoms with Crippen molar-refractivity contribution < 1.29 is 18.8 Å². The highest BCUT2D eigenvalue weighted by Crippen LogP contribution is 2.29. The van der Waals surface area contributed by atoms with E-state index in [1.54, 1.807) is 0 Å². The van der Waals surface area contributed by atoms with Crippen LogP contribution in [0, 0.1) is 5.82 Å². The molecule has 2 aliphatic rings. The van der Waals surface area contributed by atoms with E-state index in [0.29, 0.717) is 11.1 Å². The largest absolute Gasteiger partial charge is 0.326 e. The highest BCUT2D eigenvalue weighted by molar-refractivity contribution is 6.05. The zero-order chi connectivity index (χ0) is 15.1. The first-order valence-corrected chi connectivity index (χ1v) is 6.67. The van der Waals surface area contributed by atoms with Gasteiger partial charge in [-0.05, 0) is 24.1 Å². The van der Waals surface area contributed by atoms with Gasteiger partial charge in [-0.1, -0.05) is 0 Å². The first-order chi connectivity index (χ1) is 10.0. The molecule has 3 amide bonds.